The monoisotopic (exact) mass is 228 g/mol. The summed E-state index contributed by atoms with van der Waals surface area (Å²) >= 11 is 0. The van der Waals surface area contributed by atoms with Crippen molar-refractivity contribution in [2.75, 3.05) is 39.9 Å². The molecule has 0 atom stereocenters. The number of hydrogen-bond acceptors (Lipinski definition) is 2. The topological polar surface area (TPSA) is 32.8 Å². The van der Waals surface area contributed by atoms with Gasteiger partial charge in [-0.1, -0.05) is 0 Å². The van der Waals surface area contributed by atoms with Gasteiger partial charge in [0.15, 0.2) is 0 Å². The number of likely N-dealkylation sites (tertiary alicyclic amines) is 1. The molecule has 94 valence electrons. The van der Waals surface area contributed by atoms with Gasteiger partial charge in [-0.2, -0.15) is 0 Å². The Morgan fingerprint density at radius 1 is 1.31 bits per heavy atom. The lowest BCUT2D eigenvalue weighted by Gasteiger charge is -2.35. The molecule has 1 saturated heterocycles. The molecule has 0 spiro atoms. The Kier molecular flexibility index (Phi) is 5.60. The fraction of sp³-hybridized carbons (Fsp3) is 0.917. The van der Waals surface area contributed by atoms with Crippen LogP contribution in [0.15, 0.2) is 0 Å². The van der Waals surface area contributed by atoms with Crippen LogP contribution in [-0.4, -0.2) is 55.7 Å². The molecule has 16 heavy (non-hydrogen) atoms. The smallest absolute Gasteiger partial charge is 0.319 e. The zero-order valence-corrected chi connectivity index (χ0v) is 10.7. The van der Waals surface area contributed by atoms with Crippen molar-refractivity contribution in [3.63, 3.8) is 0 Å². The molecule has 1 rings (SSSR count). The Bertz CT molecular complexity index is 209. The first kappa shape index (κ1) is 13.3. The molecule has 1 aliphatic rings. The maximum absolute atomic E-state index is 12.0. The van der Waals surface area contributed by atoms with Crippen LogP contribution < -0.4 is 0 Å². The van der Waals surface area contributed by atoms with E-state index in [0.29, 0.717) is 5.92 Å². The van der Waals surface area contributed by atoms with Gasteiger partial charge < -0.3 is 14.5 Å². The van der Waals surface area contributed by atoms with Gasteiger partial charge in [-0.3, -0.25) is 0 Å². The minimum Gasteiger partial charge on any atom is -0.384 e. The number of amides is 2. The molecule has 4 heteroatoms. The third-order valence-electron chi connectivity index (χ3n) is 3.32. The molecule has 0 radical (unpaired) electrons. The molecule has 1 heterocycles. The molecule has 0 saturated carbocycles. The average Bonchev–Trinajstić information content (AvgIpc) is 2.32. The van der Waals surface area contributed by atoms with Crippen LogP contribution in [0, 0.1) is 5.92 Å². The van der Waals surface area contributed by atoms with Crippen LogP contribution in [0.5, 0.6) is 0 Å². The van der Waals surface area contributed by atoms with Crippen molar-refractivity contribution in [2.24, 2.45) is 5.92 Å². The Balaban J connectivity index is 2.38. The lowest BCUT2D eigenvalue weighted by molar-refractivity contribution is 0.0961. The number of nitrogens with zero attached hydrogens (tertiary/aromatic N) is 2. The second-order valence-corrected chi connectivity index (χ2v) is 4.34. The number of urea groups is 1. The lowest BCUT2D eigenvalue weighted by atomic mass is 9.98. The molecule has 0 bridgehead atoms. The Labute approximate surface area is 98.5 Å². The Morgan fingerprint density at radius 2 is 1.88 bits per heavy atom. The van der Waals surface area contributed by atoms with E-state index in [-0.39, 0.29) is 6.03 Å². The summed E-state index contributed by atoms with van der Waals surface area (Å²) in [6, 6.07) is 0.195. The van der Waals surface area contributed by atoms with Crippen LogP contribution in [0.1, 0.15) is 26.7 Å². The van der Waals surface area contributed by atoms with Gasteiger partial charge >= 0.3 is 6.03 Å². The molecular weight excluding hydrogens is 204 g/mol. The van der Waals surface area contributed by atoms with Gasteiger partial charge in [0.2, 0.25) is 0 Å². The van der Waals surface area contributed by atoms with E-state index in [1.165, 1.54) is 0 Å². The lowest BCUT2D eigenvalue weighted by Crippen LogP contribution is -2.46. The Hall–Kier alpha value is -0.770. The quantitative estimate of drug-likeness (QED) is 0.735. The molecule has 0 unspecified atom stereocenters. The summed E-state index contributed by atoms with van der Waals surface area (Å²) in [6.07, 6.45) is 2.14. The molecular formula is C12H24N2O2. The first-order valence-electron chi connectivity index (χ1n) is 6.25. The zero-order valence-electron chi connectivity index (χ0n) is 10.7. The summed E-state index contributed by atoms with van der Waals surface area (Å²) in [5.74, 6) is 0.630. The van der Waals surface area contributed by atoms with Gasteiger partial charge in [0.1, 0.15) is 0 Å². The molecule has 4 nitrogen and oxygen atoms in total. The number of ether oxygens (including phenoxy) is 1. The average molecular weight is 228 g/mol. The fourth-order valence-electron chi connectivity index (χ4n) is 2.22. The molecule has 0 aromatic carbocycles. The van der Waals surface area contributed by atoms with Crippen LogP contribution in [0.2, 0.25) is 0 Å². The van der Waals surface area contributed by atoms with Crippen LogP contribution >= 0.6 is 0 Å². The normalized spacial score (nSPS) is 17.6. The van der Waals surface area contributed by atoms with Gasteiger partial charge in [0.05, 0.1) is 0 Å². The van der Waals surface area contributed by atoms with Crippen molar-refractivity contribution in [1.29, 1.82) is 0 Å². The highest BCUT2D eigenvalue weighted by Crippen LogP contribution is 2.18. The van der Waals surface area contributed by atoms with E-state index >= 15 is 0 Å². The SMILES string of the molecule is CCN(CC)C(=O)N1CCC(COC)CC1. The molecule has 0 aromatic rings. The van der Waals surface area contributed by atoms with E-state index in [4.69, 9.17) is 4.74 Å². The van der Waals surface area contributed by atoms with Gasteiger partial charge in [-0.05, 0) is 32.6 Å². The summed E-state index contributed by atoms with van der Waals surface area (Å²) in [7, 11) is 1.74. The van der Waals surface area contributed by atoms with Crippen molar-refractivity contribution in [1.82, 2.24) is 9.80 Å². The van der Waals surface area contributed by atoms with E-state index in [1.54, 1.807) is 7.11 Å². The highest BCUT2D eigenvalue weighted by atomic mass is 16.5. The van der Waals surface area contributed by atoms with Crippen molar-refractivity contribution in [2.45, 2.75) is 26.7 Å². The molecule has 1 fully saturated rings. The first-order chi connectivity index (χ1) is 7.72. The predicted octanol–water partition coefficient (Wildman–Crippen LogP) is 1.81. The molecule has 0 N–H and O–H groups in total. The number of carbonyl (C=O) groups is 1. The van der Waals surface area contributed by atoms with Crippen LogP contribution in [-0.2, 0) is 4.74 Å². The molecule has 1 aliphatic heterocycles. The minimum absolute atomic E-state index is 0.195. The maximum Gasteiger partial charge on any atom is 0.319 e. The maximum atomic E-state index is 12.0. The standard InChI is InChI=1S/C12H24N2O2/c1-4-13(5-2)12(15)14-8-6-11(7-9-14)10-16-3/h11H,4-10H2,1-3H3. The second-order valence-electron chi connectivity index (χ2n) is 4.34. The molecule has 0 aromatic heterocycles. The fourth-order valence-corrected chi connectivity index (χ4v) is 2.22. The highest BCUT2D eigenvalue weighted by Gasteiger charge is 2.24. The third-order valence-corrected chi connectivity index (χ3v) is 3.32. The van der Waals surface area contributed by atoms with E-state index in [2.05, 4.69) is 0 Å². The van der Waals surface area contributed by atoms with Crippen molar-refractivity contribution in [3.05, 3.63) is 0 Å². The summed E-state index contributed by atoms with van der Waals surface area (Å²) in [6.45, 7) is 8.23. The van der Waals surface area contributed by atoms with Crippen molar-refractivity contribution in [3.8, 4) is 0 Å². The van der Waals surface area contributed by atoms with Crippen LogP contribution in [0.4, 0.5) is 4.79 Å². The summed E-state index contributed by atoms with van der Waals surface area (Å²) in [5, 5.41) is 0. The largest absolute Gasteiger partial charge is 0.384 e. The number of hydrogen-bond donors (Lipinski definition) is 0. The van der Waals surface area contributed by atoms with Crippen LogP contribution in [0.3, 0.4) is 0 Å². The van der Waals surface area contributed by atoms with Crippen molar-refractivity contribution < 1.29 is 9.53 Å². The third kappa shape index (κ3) is 3.37. The second kappa shape index (κ2) is 6.74. The number of carbonyl (C=O) groups excluding carboxylic acids is 1. The summed E-state index contributed by atoms with van der Waals surface area (Å²) in [5.41, 5.74) is 0. The molecule has 2 amide bonds. The number of rotatable bonds is 4. The van der Waals surface area contributed by atoms with E-state index in [1.807, 2.05) is 23.6 Å². The van der Waals surface area contributed by atoms with Gasteiger partial charge in [-0.25, -0.2) is 4.79 Å². The van der Waals surface area contributed by atoms with Crippen LogP contribution in [0.25, 0.3) is 0 Å². The highest BCUT2D eigenvalue weighted by molar-refractivity contribution is 5.74. The van der Waals surface area contributed by atoms with Gasteiger partial charge in [0.25, 0.3) is 0 Å². The number of piperidine rings is 1. The zero-order chi connectivity index (χ0) is 12.0. The Morgan fingerprint density at radius 3 is 2.31 bits per heavy atom. The minimum atomic E-state index is 0.195. The number of methoxy groups -OCH3 is 1. The summed E-state index contributed by atoms with van der Waals surface area (Å²) in [4.78, 5) is 15.9. The van der Waals surface area contributed by atoms with Gasteiger partial charge in [-0.15, -0.1) is 0 Å². The predicted molar refractivity (Wildman–Crippen MR) is 64.5 cm³/mol. The molecule has 0 aliphatic carbocycles. The van der Waals surface area contributed by atoms with Crippen molar-refractivity contribution >= 4 is 6.03 Å². The van der Waals surface area contributed by atoms with E-state index in [9.17, 15) is 4.79 Å². The summed E-state index contributed by atoms with van der Waals surface area (Å²) < 4.78 is 5.15. The van der Waals surface area contributed by atoms with E-state index < -0.39 is 0 Å². The first-order valence-corrected chi connectivity index (χ1v) is 6.25. The van der Waals surface area contributed by atoms with Gasteiger partial charge in [0, 0.05) is 39.9 Å². The van der Waals surface area contributed by atoms with E-state index in [0.717, 1.165) is 45.6 Å².